The molecule has 0 radical (unpaired) electrons. The third kappa shape index (κ3) is 4.49. The molecule has 2 aliphatic heterocycles. The monoisotopic (exact) mass is 450 g/mol. The first-order chi connectivity index (χ1) is 16.1. The summed E-state index contributed by atoms with van der Waals surface area (Å²) >= 11 is 0. The molecule has 4 rings (SSSR count). The van der Waals surface area contributed by atoms with E-state index in [0.29, 0.717) is 12.3 Å². The number of benzene rings is 2. The highest BCUT2D eigenvalue weighted by molar-refractivity contribution is 6.23. The van der Waals surface area contributed by atoms with Crippen molar-refractivity contribution < 1.29 is 19.2 Å². The summed E-state index contributed by atoms with van der Waals surface area (Å²) in [6.07, 6.45) is 4.22. The molecule has 176 valence electrons. The van der Waals surface area contributed by atoms with E-state index < -0.39 is 12.0 Å². The van der Waals surface area contributed by atoms with E-state index in [-0.39, 0.29) is 23.8 Å². The van der Waals surface area contributed by atoms with Gasteiger partial charge in [0.15, 0.2) is 6.10 Å². The van der Waals surface area contributed by atoms with Crippen molar-refractivity contribution >= 4 is 23.2 Å². The number of rotatable bonds is 10. The summed E-state index contributed by atoms with van der Waals surface area (Å²) in [4.78, 5) is 34.7. The molecule has 33 heavy (non-hydrogen) atoms. The topological polar surface area (TPSA) is 59.1 Å². The lowest BCUT2D eigenvalue weighted by Gasteiger charge is -2.33. The van der Waals surface area contributed by atoms with Crippen LogP contribution in [0.4, 0.5) is 11.4 Å². The van der Waals surface area contributed by atoms with Crippen LogP contribution in [0.25, 0.3) is 0 Å². The lowest BCUT2D eigenvalue weighted by molar-refractivity contribution is -0.126. The number of hydrogen-bond acceptors (Lipinski definition) is 5. The van der Waals surface area contributed by atoms with E-state index in [1.807, 2.05) is 54.5 Å². The molecular weight excluding hydrogens is 416 g/mol. The average Bonchev–Trinajstić information content (AvgIpc) is 3.35. The van der Waals surface area contributed by atoms with Gasteiger partial charge in [-0.15, -0.1) is 0 Å². The van der Waals surface area contributed by atoms with E-state index in [0.717, 1.165) is 43.5 Å². The Morgan fingerprint density at radius 3 is 2.27 bits per heavy atom. The first kappa shape index (κ1) is 23.3. The van der Waals surface area contributed by atoms with Crippen LogP contribution in [-0.2, 0) is 14.4 Å². The van der Waals surface area contributed by atoms with Crippen LogP contribution in [0.15, 0.2) is 54.6 Å². The quantitative estimate of drug-likeness (QED) is 0.456. The van der Waals surface area contributed by atoms with Gasteiger partial charge in [-0.2, -0.15) is 0 Å². The summed E-state index contributed by atoms with van der Waals surface area (Å²) in [6, 6.07) is 16.8. The largest absolute Gasteiger partial charge is 0.494 e. The van der Waals surface area contributed by atoms with Gasteiger partial charge in [0, 0.05) is 0 Å². The third-order valence-corrected chi connectivity index (χ3v) is 6.68. The minimum Gasteiger partial charge on any atom is -0.494 e. The molecule has 2 aliphatic rings. The van der Waals surface area contributed by atoms with Crippen molar-refractivity contribution in [1.29, 1.82) is 0 Å². The van der Waals surface area contributed by atoms with Crippen LogP contribution in [0.3, 0.4) is 0 Å². The van der Waals surface area contributed by atoms with Crippen LogP contribution in [0.1, 0.15) is 52.9 Å². The second-order valence-electron chi connectivity index (χ2n) is 8.87. The Kier molecular flexibility index (Phi) is 7.33. The molecule has 0 aliphatic carbocycles. The van der Waals surface area contributed by atoms with Crippen molar-refractivity contribution in [2.24, 2.45) is 11.8 Å². The van der Waals surface area contributed by atoms with Gasteiger partial charge in [-0.3, -0.25) is 14.4 Å². The molecule has 6 nitrogen and oxygen atoms in total. The number of nitrogens with zero attached hydrogens (tertiary/aromatic N) is 2. The van der Waals surface area contributed by atoms with Crippen molar-refractivity contribution in [2.75, 3.05) is 16.6 Å². The molecule has 2 saturated heterocycles. The zero-order valence-corrected chi connectivity index (χ0v) is 19.8. The molecule has 2 fully saturated rings. The Morgan fingerprint density at radius 2 is 1.64 bits per heavy atom. The van der Waals surface area contributed by atoms with Crippen LogP contribution in [0, 0.1) is 11.8 Å². The highest BCUT2D eigenvalue weighted by Gasteiger charge is 2.61. The fourth-order valence-electron chi connectivity index (χ4n) is 4.98. The minimum atomic E-state index is -0.797. The van der Waals surface area contributed by atoms with Crippen LogP contribution in [0.2, 0.25) is 0 Å². The van der Waals surface area contributed by atoms with E-state index in [9.17, 15) is 9.59 Å². The zero-order chi connectivity index (χ0) is 23.4. The van der Waals surface area contributed by atoms with Gasteiger partial charge >= 0.3 is 0 Å². The number of amides is 2. The molecule has 0 unspecified atom stereocenters. The number of fused-ring (bicyclic) bond motifs is 1. The van der Waals surface area contributed by atoms with Crippen molar-refractivity contribution in [2.45, 2.75) is 65.0 Å². The highest BCUT2D eigenvalue weighted by Crippen LogP contribution is 2.44. The first-order valence-corrected chi connectivity index (χ1v) is 12.2. The SMILES string of the molecule is CCCC[C@H](CC)[C@@H]1[C@H]2C(=O)N(c3ccc(OCCC)cc3)C(=O)[C@H]2ON1c1ccccc1. The molecule has 0 spiro atoms. The van der Waals surface area contributed by atoms with Gasteiger partial charge in [0.05, 0.1) is 29.9 Å². The Balaban J connectivity index is 1.64. The predicted octanol–water partition coefficient (Wildman–Crippen LogP) is 5.37. The van der Waals surface area contributed by atoms with Crippen molar-refractivity contribution in [1.82, 2.24) is 0 Å². The molecule has 2 aromatic rings. The molecule has 6 heteroatoms. The zero-order valence-electron chi connectivity index (χ0n) is 19.8. The van der Waals surface area contributed by atoms with Gasteiger partial charge in [-0.05, 0) is 55.2 Å². The Labute approximate surface area is 196 Å². The standard InChI is InChI=1S/C27H34N2O4/c1-4-7-11-19(6-3)24-23-25(33-29(24)21-12-9-8-10-13-21)27(31)28(26(23)30)20-14-16-22(17-15-20)32-18-5-2/h8-10,12-17,19,23-25H,4-7,11,18H2,1-3H3/t19-,23+,24+,25-/m0/s1. The molecule has 0 bridgehead atoms. The lowest BCUT2D eigenvalue weighted by atomic mass is 9.82. The molecule has 0 N–H and O–H groups in total. The van der Waals surface area contributed by atoms with Gasteiger partial charge in [0.25, 0.3) is 5.91 Å². The number of imide groups is 1. The molecular formula is C27H34N2O4. The predicted molar refractivity (Wildman–Crippen MR) is 129 cm³/mol. The number of carbonyl (C=O) groups excluding carboxylic acids is 2. The highest BCUT2D eigenvalue weighted by atomic mass is 16.7. The summed E-state index contributed by atoms with van der Waals surface area (Å²) in [6.45, 7) is 7.01. The first-order valence-electron chi connectivity index (χ1n) is 12.2. The summed E-state index contributed by atoms with van der Waals surface area (Å²) in [7, 11) is 0. The van der Waals surface area contributed by atoms with Gasteiger partial charge in [0.1, 0.15) is 5.75 Å². The maximum atomic E-state index is 13.7. The molecule has 2 aromatic carbocycles. The maximum Gasteiger partial charge on any atom is 0.266 e. The Hall–Kier alpha value is -2.86. The van der Waals surface area contributed by atoms with Gasteiger partial charge in [0.2, 0.25) is 5.91 Å². The van der Waals surface area contributed by atoms with Gasteiger partial charge in [-0.25, -0.2) is 9.96 Å². The average molecular weight is 451 g/mol. The van der Waals surface area contributed by atoms with Crippen LogP contribution < -0.4 is 14.7 Å². The number of anilines is 2. The fourth-order valence-corrected chi connectivity index (χ4v) is 4.98. The minimum absolute atomic E-state index is 0.175. The third-order valence-electron chi connectivity index (χ3n) is 6.68. The number of ether oxygens (including phenoxy) is 1. The molecule has 0 saturated carbocycles. The van der Waals surface area contributed by atoms with Crippen LogP contribution in [0.5, 0.6) is 5.75 Å². The van der Waals surface area contributed by atoms with Crippen LogP contribution >= 0.6 is 0 Å². The van der Waals surface area contributed by atoms with Crippen molar-refractivity contribution in [3.63, 3.8) is 0 Å². The van der Waals surface area contributed by atoms with E-state index in [4.69, 9.17) is 9.57 Å². The molecule has 2 amide bonds. The Bertz CT molecular complexity index is 946. The maximum absolute atomic E-state index is 13.7. The smallest absolute Gasteiger partial charge is 0.266 e. The summed E-state index contributed by atoms with van der Waals surface area (Å²) < 4.78 is 5.64. The number of unbranched alkanes of at least 4 members (excludes halogenated alkanes) is 1. The summed E-state index contributed by atoms with van der Waals surface area (Å²) in [5.74, 6) is -0.00121. The summed E-state index contributed by atoms with van der Waals surface area (Å²) in [5.41, 5.74) is 1.45. The normalized spacial score (nSPS) is 23.2. The van der Waals surface area contributed by atoms with Crippen molar-refractivity contribution in [3.05, 3.63) is 54.6 Å². The van der Waals surface area contributed by atoms with Gasteiger partial charge in [-0.1, -0.05) is 58.2 Å². The van der Waals surface area contributed by atoms with Crippen molar-refractivity contribution in [3.8, 4) is 5.75 Å². The number of para-hydroxylation sites is 1. The number of hydrogen-bond donors (Lipinski definition) is 0. The van der Waals surface area contributed by atoms with Gasteiger partial charge < -0.3 is 4.74 Å². The molecule has 0 aromatic heterocycles. The number of carbonyl (C=O) groups is 2. The summed E-state index contributed by atoms with van der Waals surface area (Å²) in [5, 5.41) is 1.84. The van der Waals surface area contributed by atoms with E-state index in [1.54, 1.807) is 12.1 Å². The van der Waals surface area contributed by atoms with Crippen LogP contribution in [-0.4, -0.2) is 30.6 Å². The fraction of sp³-hybridized carbons (Fsp3) is 0.481. The van der Waals surface area contributed by atoms with E-state index in [2.05, 4.69) is 13.8 Å². The van der Waals surface area contributed by atoms with E-state index in [1.165, 1.54) is 4.90 Å². The lowest BCUT2D eigenvalue weighted by Crippen LogP contribution is -2.44. The second kappa shape index (κ2) is 10.4. The Morgan fingerprint density at radius 1 is 0.909 bits per heavy atom. The number of hydroxylamine groups is 1. The molecule has 2 heterocycles. The molecule has 4 atom stereocenters. The second-order valence-corrected chi connectivity index (χ2v) is 8.87. The van der Waals surface area contributed by atoms with E-state index >= 15 is 0 Å².